The highest BCUT2D eigenvalue weighted by molar-refractivity contribution is 7.15. The highest BCUT2D eigenvalue weighted by Gasteiger charge is 2.30. The summed E-state index contributed by atoms with van der Waals surface area (Å²) in [7, 11) is 0. The van der Waals surface area contributed by atoms with Crippen LogP contribution in [0.5, 0.6) is 5.75 Å². The van der Waals surface area contributed by atoms with Crippen LogP contribution in [0, 0.1) is 0 Å². The van der Waals surface area contributed by atoms with Crippen LogP contribution in [0.25, 0.3) is 21.5 Å². The SMILES string of the molecule is CCCc1nc(-c2ccc(C(F)(F)F)cc2)sc1COc1ccc2c(ccn2CC(=O)OCC)c1. The maximum Gasteiger partial charge on any atom is 0.416 e. The van der Waals surface area contributed by atoms with Crippen LogP contribution in [0.4, 0.5) is 13.2 Å². The molecule has 0 radical (unpaired) electrons. The normalized spacial score (nSPS) is 11.7. The number of carbonyl (C=O) groups is 1. The third-order valence-corrected chi connectivity index (χ3v) is 6.56. The average molecular weight is 503 g/mol. The molecule has 0 aliphatic carbocycles. The van der Waals surface area contributed by atoms with E-state index in [4.69, 9.17) is 9.47 Å². The molecule has 35 heavy (non-hydrogen) atoms. The standard InChI is InChI=1S/C26H25F3N2O3S/c1-3-5-21-23(35-25(30-21)17-6-8-19(9-7-17)26(27,28)29)16-34-20-10-11-22-18(14-20)12-13-31(22)15-24(32)33-4-2/h6-14H,3-5,15-16H2,1-2H3. The Morgan fingerprint density at radius 3 is 2.54 bits per heavy atom. The van der Waals surface area contributed by atoms with Crippen LogP contribution in [0.1, 0.15) is 36.4 Å². The first-order valence-corrected chi connectivity index (χ1v) is 12.1. The Kier molecular flexibility index (Phi) is 7.45. The van der Waals surface area contributed by atoms with Crippen LogP contribution in [0.2, 0.25) is 0 Å². The molecule has 0 atom stereocenters. The number of alkyl halides is 3. The van der Waals surface area contributed by atoms with E-state index in [2.05, 4.69) is 11.9 Å². The lowest BCUT2D eigenvalue weighted by Gasteiger charge is -2.08. The Morgan fingerprint density at radius 1 is 1.09 bits per heavy atom. The Balaban J connectivity index is 1.50. The second-order valence-electron chi connectivity index (χ2n) is 7.97. The Hall–Kier alpha value is -3.33. The largest absolute Gasteiger partial charge is 0.488 e. The summed E-state index contributed by atoms with van der Waals surface area (Å²) in [6.07, 6.45) is -0.881. The number of benzene rings is 2. The fourth-order valence-electron chi connectivity index (χ4n) is 3.75. The number of aryl methyl sites for hydroxylation is 1. The zero-order valence-electron chi connectivity index (χ0n) is 19.4. The van der Waals surface area contributed by atoms with E-state index in [1.165, 1.54) is 23.5 Å². The topological polar surface area (TPSA) is 53.4 Å². The van der Waals surface area contributed by atoms with Crippen molar-refractivity contribution in [2.24, 2.45) is 0 Å². The van der Waals surface area contributed by atoms with Crippen LogP contribution in [0.15, 0.2) is 54.7 Å². The van der Waals surface area contributed by atoms with Gasteiger partial charge in [0.15, 0.2) is 0 Å². The molecule has 184 valence electrons. The lowest BCUT2D eigenvalue weighted by Crippen LogP contribution is -2.12. The second-order valence-corrected chi connectivity index (χ2v) is 9.06. The highest BCUT2D eigenvalue weighted by atomic mass is 32.1. The molecule has 0 bridgehead atoms. The summed E-state index contributed by atoms with van der Waals surface area (Å²) >= 11 is 1.43. The molecule has 0 saturated heterocycles. The zero-order valence-corrected chi connectivity index (χ0v) is 20.2. The molecule has 0 aliphatic heterocycles. The summed E-state index contributed by atoms with van der Waals surface area (Å²) < 4.78 is 51.6. The van der Waals surface area contributed by atoms with Gasteiger partial charge in [0.1, 0.15) is 23.9 Å². The van der Waals surface area contributed by atoms with E-state index >= 15 is 0 Å². The molecule has 0 spiro atoms. The highest BCUT2D eigenvalue weighted by Crippen LogP contribution is 2.34. The van der Waals surface area contributed by atoms with Crippen LogP contribution < -0.4 is 4.74 Å². The maximum atomic E-state index is 12.9. The molecule has 2 heterocycles. The Morgan fingerprint density at radius 2 is 1.86 bits per heavy atom. The predicted octanol–water partition coefficient (Wildman–Crippen LogP) is 6.88. The third-order valence-electron chi connectivity index (χ3n) is 5.44. The molecular formula is C26H25F3N2O3S. The van der Waals surface area contributed by atoms with Crippen molar-refractivity contribution in [2.75, 3.05) is 6.61 Å². The smallest absolute Gasteiger partial charge is 0.416 e. The number of rotatable bonds is 9. The molecule has 2 aromatic heterocycles. The molecule has 0 fully saturated rings. The van der Waals surface area contributed by atoms with Gasteiger partial charge in [-0.1, -0.05) is 25.5 Å². The van der Waals surface area contributed by atoms with Gasteiger partial charge < -0.3 is 14.0 Å². The molecule has 0 aliphatic rings. The van der Waals surface area contributed by atoms with Crippen LogP contribution in [-0.4, -0.2) is 22.1 Å². The number of thiazole rings is 1. The quantitative estimate of drug-likeness (QED) is 0.234. The van der Waals surface area contributed by atoms with Crippen molar-refractivity contribution in [3.63, 3.8) is 0 Å². The van der Waals surface area contributed by atoms with E-state index in [1.54, 1.807) is 6.92 Å². The summed E-state index contributed by atoms with van der Waals surface area (Å²) in [5.41, 5.74) is 1.77. The summed E-state index contributed by atoms with van der Waals surface area (Å²) in [6, 6.07) is 12.6. The molecule has 0 saturated carbocycles. The number of halogens is 3. The first kappa shape index (κ1) is 24.8. The van der Waals surface area contributed by atoms with Gasteiger partial charge in [-0.05, 0) is 49.7 Å². The first-order chi connectivity index (χ1) is 16.8. The summed E-state index contributed by atoms with van der Waals surface area (Å²) in [5.74, 6) is 0.390. The number of aromatic nitrogens is 2. The van der Waals surface area contributed by atoms with Crippen LogP contribution in [0.3, 0.4) is 0 Å². The molecule has 5 nitrogen and oxygen atoms in total. The lowest BCUT2D eigenvalue weighted by molar-refractivity contribution is -0.143. The Bertz CT molecular complexity index is 1310. The second kappa shape index (κ2) is 10.5. The van der Waals surface area contributed by atoms with Gasteiger partial charge in [-0.2, -0.15) is 13.2 Å². The molecule has 0 unspecified atom stereocenters. The average Bonchev–Trinajstić information content (AvgIpc) is 3.41. The fourth-order valence-corrected chi connectivity index (χ4v) is 4.78. The van der Waals surface area contributed by atoms with E-state index in [-0.39, 0.29) is 12.5 Å². The number of fused-ring (bicyclic) bond motifs is 1. The minimum atomic E-state index is -4.37. The van der Waals surface area contributed by atoms with Crippen LogP contribution in [-0.2, 0) is 35.3 Å². The van der Waals surface area contributed by atoms with Crippen molar-refractivity contribution in [1.82, 2.24) is 9.55 Å². The number of carbonyl (C=O) groups excluding carboxylic acids is 1. The third kappa shape index (κ3) is 5.85. The maximum absolute atomic E-state index is 12.9. The number of esters is 1. The van der Waals surface area contributed by atoms with Gasteiger partial charge in [0.05, 0.1) is 22.7 Å². The van der Waals surface area contributed by atoms with Gasteiger partial charge in [0.2, 0.25) is 0 Å². The number of ether oxygens (including phenoxy) is 2. The van der Waals surface area contributed by atoms with Crippen molar-refractivity contribution < 1.29 is 27.4 Å². The van der Waals surface area contributed by atoms with Crippen molar-refractivity contribution in [2.45, 2.75) is 46.0 Å². The van der Waals surface area contributed by atoms with Crippen molar-refractivity contribution in [3.05, 3.63) is 70.9 Å². The van der Waals surface area contributed by atoms with E-state index in [0.717, 1.165) is 46.4 Å². The van der Waals surface area contributed by atoms with Gasteiger partial charge in [-0.3, -0.25) is 4.79 Å². The van der Waals surface area contributed by atoms with E-state index in [1.807, 2.05) is 35.0 Å². The lowest BCUT2D eigenvalue weighted by atomic mass is 10.1. The predicted molar refractivity (Wildman–Crippen MR) is 129 cm³/mol. The fraction of sp³-hybridized carbons (Fsp3) is 0.308. The molecule has 0 N–H and O–H groups in total. The van der Waals surface area contributed by atoms with Gasteiger partial charge in [-0.25, -0.2) is 4.98 Å². The number of nitrogens with zero attached hydrogens (tertiary/aromatic N) is 2. The Labute approximate surface area is 205 Å². The van der Waals surface area contributed by atoms with Crippen molar-refractivity contribution >= 4 is 28.2 Å². The molecular weight excluding hydrogens is 477 g/mol. The van der Waals surface area contributed by atoms with Crippen molar-refractivity contribution in [3.8, 4) is 16.3 Å². The first-order valence-electron chi connectivity index (χ1n) is 11.3. The number of hydrogen-bond donors (Lipinski definition) is 0. The summed E-state index contributed by atoms with van der Waals surface area (Å²) in [4.78, 5) is 17.4. The minimum Gasteiger partial charge on any atom is -0.488 e. The van der Waals surface area contributed by atoms with Gasteiger partial charge in [-0.15, -0.1) is 11.3 Å². The molecule has 2 aromatic carbocycles. The van der Waals surface area contributed by atoms with Gasteiger partial charge in [0.25, 0.3) is 0 Å². The van der Waals surface area contributed by atoms with Gasteiger partial charge in [0, 0.05) is 22.7 Å². The van der Waals surface area contributed by atoms with E-state index in [0.29, 0.717) is 29.5 Å². The van der Waals surface area contributed by atoms with Crippen molar-refractivity contribution in [1.29, 1.82) is 0 Å². The summed E-state index contributed by atoms with van der Waals surface area (Å²) in [5, 5.41) is 1.61. The molecule has 4 rings (SSSR count). The molecule has 0 amide bonds. The number of hydrogen-bond acceptors (Lipinski definition) is 5. The monoisotopic (exact) mass is 502 g/mol. The van der Waals surface area contributed by atoms with E-state index < -0.39 is 11.7 Å². The zero-order chi connectivity index (χ0) is 25.0. The molecule has 4 aromatic rings. The summed E-state index contributed by atoms with van der Waals surface area (Å²) in [6.45, 7) is 4.62. The van der Waals surface area contributed by atoms with Crippen LogP contribution >= 0.6 is 11.3 Å². The molecule has 9 heteroatoms. The van der Waals surface area contributed by atoms with E-state index in [9.17, 15) is 18.0 Å². The van der Waals surface area contributed by atoms with Gasteiger partial charge >= 0.3 is 12.1 Å². The minimum absolute atomic E-state index is 0.144.